The van der Waals surface area contributed by atoms with Crippen LogP contribution in [0.25, 0.3) is 0 Å². The Morgan fingerprint density at radius 3 is 2.60 bits per heavy atom. The quantitative estimate of drug-likeness (QED) is 0.882. The molecule has 2 rings (SSSR count). The summed E-state index contributed by atoms with van der Waals surface area (Å²) in [5.74, 6) is -0.134. The van der Waals surface area contributed by atoms with Gasteiger partial charge in [0.15, 0.2) is 0 Å². The lowest BCUT2D eigenvalue weighted by atomic mass is 9.89. The number of aliphatic hydroxyl groups excluding tert-OH is 1. The average molecular weight is 275 g/mol. The Morgan fingerprint density at radius 2 is 1.95 bits per heavy atom. The molecule has 0 heterocycles. The molecule has 0 aromatic heterocycles. The molecule has 0 aliphatic rings. The Morgan fingerprint density at radius 1 is 1.20 bits per heavy atom. The molecule has 0 amide bonds. The molecule has 106 valence electrons. The van der Waals surface area contributed by atoms with Gasteiger partial charge in [0.05, 0.1) is 13.2 Å². The average Bonchev–Trinajstić information content (AvgIpc) is 2.48. The van der Waals surface area contributed by atoms with Crippen LogP contribution in [0.15, 0.2) is 48.5 Å². The van der Waals surface area contributed by atoms with Gasteiger partial charge in [-0.2, -0.15) is 0 Å². The molecular weight excluding hydrogens is 257 g/mol. The summed E-state index contributed by atoms with van der Waals surface area (Å²) < 4.78 is 18.6. The number of aliphatic hydroxyl groups is 1. The maximum Gasteiger partial charge on any atom is 0.124 e. The summed E-state index contributed by atoms with van der Waals surface area (Å²) in [6.45, 7) is 0.211. The van der Waals surface area contributed by atoms with E-state index in [1.165, 1.54) is 12.1 Å². The Bertz CT molecular complexity index is 574. The first-order valence-electron chi connectivity index (χ1n) is 6.44. The van der Waals surface area contributed by atoms with Gasteiger partial charge in [-0.15, -0.1) is 0 Å². The highest BCUT2D eigenvalue weighted by Crippen LogP contribution is 2.35. The van der Waals surface area contributed by atoms with Gasteiger partial charge < -0.3 is 15.6 Å². The standard InChI is InChI=1S/C16H18FNO2/c1-20-15-8-3-2-7-13(15)16(19)14(10-18)11-5-4-6-12(17)9-11/h2-9,14,16,19H,10,18H2,1H3. The van der Waals surface area contributed by atoms with Gasteiger partial charge in [0.25, 0.3) is 0 Å². The predicted molar refractivity (Wildman–Crippen MR) is 76.1 cm³/mol. The highest BCUT2D eigenvalue weighted by molar-refractivity contribution is 5.37. The maximum atomic E-state index is 13.3. The third kappa shape index (κ3) is 2.98. The van der Waals surface area contributed by atoms with Crippen molar-refractivity contribution >= 4 is 0 Å². The Hall–Kier alpha value is -1.91. The van der Waals surface area contributed by atoms with Crippen LogP contribution in [0.3, 0.4) is 0 Å². The Balaban J connectivity index is 2.36. The summed E-state index contributed by atoms with van der Waals surface area (Å²) in [5.41, 5.74) is 7.08. The molecule has 2 unspecified atom stereocenters. The summed E-state index contributed by atoms with van der Waals surface area (Å²) in [6, 6.07) is 13.3. The van der Waals surface area contributed by atoms with Crippen molar-refractivity contribution in [2.24, 2.45) is 5.73 Å². The van der Waals surface area contributed by atoms with Crippen LogP contribution in [0.2, 0.25) is 0 Å². The fraction of sp³-hybridized carbons (Fsp3) is 0.250. The zero-order valence-electron chi connectivity index (χ0n) is 11.3. The van der Waals surface area contributed by atoms with Gasteiger partial charge >= 0.3 is 0 Å². The second kappa shape index (κ2) is 6.50. The third-order valence-electron chi connectivity index (χ3n) is 3.37. The first-order valence-corrected chi connectivity index (χ1v) is 6.44. The second-order valence-electron chi connectivity index (χ2n) is 4.58. The number of rotatable bonds is 5. The summed E-state index contributed by atoms with van der Waals surface area (Å²) in [5, 5.41) is 10.6. The number of nitrogens with two attached hydrogens (primary N) is 1. The van der Waals surface area contributed by atoms with Crippen LogP contribution in [0, 0.1) is 5.82 Å². The Labute approximate surface area is 117 Å². The molecule has 0 bridgehead atoms. The molecule has 0 aliphatic carbocycles. The molecule has 20 heavy (non-hydrogen) atoms. The van der Waals surface area contributed by atoms with E-state index in [9.17, 15) is 9.50 Å². The van der Waals surface area contributed by atoms with E-state index in [4.69, 9.17) is 10.5 Å². The topological polar surface area (TPSA) is 55.5 Å². The molecule has 0 radical (unpaired) electrons. The summed E-state index contributed by atoms with van der Waals surface area (Å²) >= 11 is 0. The van der Waals surface area contributed by atoms with E-state index in [0.717, 1.165) is 0 Å². The minimum Gasteiger partial charge on any atom is -0.496 e. The van der Waals surface area contributed by atoms with Crippen LogP contribution >= 0.6 is 0 Å². The monoisotopic (exact) mass is 275 g/mol. The number of benzene rings is 2. The zero-order valence-corrected chi connectivity index (χ0v) is 11.3. The first-order chi connectivity index (χ1) is 9.67. The molecule has 2 aromatic carbocycles. The molecule has 0 saturated heterocycles. The van der Waals surface area contributed by atoms with Gasteiger partial charge in [0.1, 0.15) is 11.6 Å². The summed E-state index contributed by atoms with van der Waals surface area (Å²) in [6.07, 6.45) is -0.849. The van der Waals surface area contributed by atoms with Crippen LogP contribution < -0.4 is 10.5 Å². The smallest absolute Gasteiger partial charge is 0.124 e. The van der Waals surface area contributed by atoms with E-state index in [-0.39, 0.29) is 18.3 Å². The fourth-order valence-electron chi connectivity index (χ4n) is 2.31. The first kappa shape index (κ1) is 14.5. The number of hydrogen-bond acceptors (Lipinski definition) is 3. The molecule has 0 saturated carbocycles. The van der Waals surface area contributed by atoms with E-state index >= 15 is 0 Å². The minimum atomic E-state index is -0.849. The maximum absolute atomic E-state index is 13.3. The molecule has 4 heteroatoms. The van der Waals surface area contributed by atoms with Crippen molar-refractivity contribution in [3.63, 3.8) is 0 Å². The molecule has 2 aromatic rings. The van der Waals surface area contributed by atoms with Crippen molar-refractivity contribution in [3.8, 4) is 5.75 Å². The number of hydrogen-bond donors (Lipinski definition) is 2. The van der Waals surface area contributed by atoms with Gasteiger partial charge in [0, 0.05) is 18.0 Å². The van der Waals surface area contributed by atoms with Gasteiger partial charge in [-0.25, -0.2) is 4.39 Å². The van der Waals surface area contributed by atoms with Crippen LogP contribution in [-0.2, 0) is 0 Å². The van der Waals surface area contributed by atoms with Gasteiger partial charge in [0.2, 0.25) is 0 Å². The van der Waals surface area contributed by atoms with Crippen molar-refractivity contribution < 1.29 is 14.2 Å². The van der Waals surface area contributed by atoms with Crippen LogP contribution in [0.4, 0.5) is 4.39 Å². The summed E-state index contributed by atoms with van der Waals surface area (Å²) in [7, 11) is 1.55. The van der Waals surface area contributed by atoms with Crippen molar-refractivity contribution in [2.45, 2.75) is 12.0 Å². The molecule has 0 spiro atoms. The van der Waals surface area contributed by atoms with E-state index < -0.39 is 6.10 Å². The number of methoxy groups -OCH3 is 1. The van der Waals surface area contributed by atoms with E-state index in [1.807, 2.05) is 12.1 Å². The zero-order chi connectivity index (χ0) is 14.5. The highest BCUT2D eigenvalue weighted by Gasteiger charge is 2.24. The lowest BCUT2D eigenvalue weighted by molar-refractivity contribution is 0.143. The molecule has 0 fully saturated rings. The van der Waals surface area contributed by atoms with Crippen molar-refractivity contribution in [2.75, 3.05) is 13.7 Å². The molecule has 2 atom stereocenters. The van der Waals surface area contributed by atoms with Crippen LogP contribution in [-0.4, -0.2) is 18.8 Å². The largest absolute Gasteiger partial charge is 0.496 e. The van der Waals surface area contributed by atoms with Crippen LogP contribution in [0.5, 0.6) is 5.75 Å². The fourth-order valence-corrected chi connectivity index (χ4v) is 2.31. The van der Waals surface area contributed by atoms with Crippen molar-refractivity contribution in [3.05, 3.63) is 65.5 Å². The summed E-state index contributed by atoms with van der Waals surface area (Å²) in [4.78, 5) is 0. The van der Waals surface area contributed by atoms with E-state index in [1.54, 1.807) is 31.4 Å². The lowest BCUT2D eigenvalue weighted by Crippen LogP contribution is -2.20. The van der Waals surface area contributed by atoms with Crippen LogP contribution in [0.1, 0.15) is 23.1 Å². The third-order valence-corrected chi connectivity index (χ3v) is 3.37. The Kier molecular flexibility index (Phi) is 4.71. The molecule has 0 aliphatic heterocycles. The second-order valence-corrected chi connectivity index (χ2v) is 4.58. The SMILES string of the molecule is COc1ccccc1C(O)C(CN)c1cccc(F)c1. The molecule has 3 nitrogen and oxygen atoms in total. The predicted octanol–water partition coefficient (Wildman–Crippen LogP) is 2.61. The molecular formula is C16H18FNO2. The van der Waals surface area contributed by atoms with E-state index in [2.05, 4.69) is 0 Å². The lowest BCUT2D eigenvalue weighted by Gasteiger charge is -2.23. The van der Waals surface area contributed by atoms with Gasteiger partial charge in [-0.3, -0.25) is 0 Å². The molecule has 3 N–H and O–H groups in total. The minimum absolute atomic E-state index is 0.211. The van der Waals surface area contributed by atoms with Gasteiger partial charge in [-0.05, 0) is 23.8 Å². The van der Waals surface area contributed by atoms with Crippen molar-refractivity contribution in [1.29, 1.82) is 0 Å². The highest BCUT2D eigenvalue weighted by atomic mass is 19.1. The number of halogens is 1. The number of ether oxygens (including phenoxy) is 1. The van der Waals surface area contributed by atoms with Crippen molar-refractivity contribution in [1.82, 2.24) is 0 Å². The number of para-hydroxylation sites is 1. The normalized spacial score (nSPS) is 13.8. The van der Waals surface area contributed by atoms with E-state index in [0.29, 0.717) is 16.9 Å². The van der Waals surface area contributed by atoms with Gasteiger partial charge in [-0.1, -0.05) is 30.3 Å².